The molecule has 146 valence electrons. The van der Waals surface area contributed by atoms with Crippen molar-refractivity contribution in [1.29, 1.82) is 0 Å². The Labute approximate surface area is 160 Å². The van der Waals surface area contributed by atoms with Gasteiger partial charge in [0.2, 0.25) is 11.1 Å². The molecule has 0 bridgehead atoms. The lowest BCUT2D eigenvalue weighted by atomic mass is 10.3. The summed E-state index contributed by atoms with van der Waals surface area (Å²) in [5.41, 5.74) is 0. The Morgan fingerprint density at radius 2 is 1.96 bits per heavy atom. The van der Waals surface area contributed by atoms with Gasteiger partial charge in [-0.2, -0.15) is 13.2 Å². The molecule has 0 aliphatic heterocycles. The minimum atomic E-state index is -4.56. The number of amides is 3. The van der Waals surface area contributed by atoms with Gasteiger partial charge in [-0.15, -0.1) is 5.10 Å². The number of aromatic amines is 1. The molecule has 0 fully saturated rings. The van der Waals surface area contributed by atoms with E-state index in [2.05, 4.69) is 15.2 Å². The van der Waals surface area contributed by atoms with Gasteiger partial charge in [-0.3, -0.25) is 15.2 Å². The van der Waals surface area contributed by atoms with Crippen molar-refractivity contribution in [3.63, 3.8) is 0 Å². The van der Waals surface area contributed by atoms with Gasteiger partial charge in [0, 0.05) is 5.02 Å². The highest BCUT2D eigenvalue weighted by molar-refractivity contribution is 7.99. The van der Waals surface area contributed by atoms with Crippen LogP contribution in [-0.2, 0) is 11.4 Å². The van der Waals surface area contributed by atoms with Crippen LogP contribution < -0.4 is 15.4 Å². The summed E-state index contributed by atoms with van der Waals surface area (Å²) in [5.74, 6) is -0.0668. The first-order valence-corrected chi connectivity index (χ1v) is 8.64. The average Bonchev–Trinajstić information content (AvgIpc) is 3.05. The van der Waals surface area contributed by atoms with Gasteiger partial charge in [-0.25, -0.2) is 9.78 Å². The number of nitrogens with zero attached hydrogens (tertiary/aromatic N) is 2. The number of nitrogens with one attached hydrogen (secondary N) is 3. The van der Waals surface area contributed by atoms with Crippen LogP contribution in [0.3, 0.4) is 0 Å². The minimum absolute atomic E-state index is 0.0984. The molecule has 0 spiro atoms. The van der Waals surface area contributed by atoms with E-state index in [0.717, 1.165) is 11.8 Å². The van der Waals surface area contributed by atoms with E-state index in [4.69, 9.17) is 16.3 Å². The first kappa shape index (κ1) is 20.8. The number of hydrogen-bond acceptors (Lipinski definition) is 6. The van der Waals surface area contributed by atoms with Gasteiger partial charge in [-0.1, -0.05) is 23.4 Å². The number of imide groups is 1. The van der Waals surface area contributed by atoms with E-state index in [0.29, 0.717) is 16.6 Å². The summed E-state index contributed by atoms with van der Waals surface area (Å²) in [6.07, 6.45) is -4.56. The lowest BCUT2D eigenvalue weighted by molar-refractivity contribution is -0.124. The first-order valence-electron chi connectivity index (χ1n) is 7.28. The topological polar surface area (TPSA) is 109 Å². The lowest BCUT2D eigenvalue weighted by Gasteiger charge is -2.08. The van der Waals surface area contributed by atoms with Gasteiger partial charge >= 0.3 is 12.2 Å². The zero-order valence-corrected chi connectivity index (χ0v) is 15.0. The maximum absolute atomic E-state index is 11.9. The Bertz CT molecular complexity index is 785. The molecular formula is C14H13ClF3N5O3S. The average molecular weight is 424 g/mol. The zero-order valence-electron chi connectivity index (χ0n) is 13.5. The number of hydrogen-bond donors (Lipinski definition) is 3. The molecule has 0 atom stereocenters. The number of H-pyrrole nitrogens is 1. The van der Waals surface area contributed by atoms with Gasteiger partial charge in [0.05, 0.1) is 5.75 Å². The van der Waals surface area contributed by atoms with Crippen molar-refractivity contribution in [2.45, 2.75) is 17.9 Å². The Balaban J connectivity index is 1.71. The molecule has 27 heavy (non-hydrogen) atoms. The fraction of sp³-hybridized carbons (Fsp3) is 0.286. The van der Waals surface area contributed by atoms with E-state index in [1.807, 2.05) is 0 Å². The van der Waals surface area contributed by atoms with Crippen molar-refractivity contribution in [2.75, 3.05) is 12.3 Å². The molecule has 8 nitrogen and oxygen atoms in total. The molecule has 3 N–H and O–H groups in total. The summed E-state index contributed by atoms with van der Waals surface area (Å²) in [4.78, 5) is 26.7. The van der Waals surface area contributed by atoms with Crippen molar-refractivity contribution >= 4 is 35.3 Å². The zero-order chi connectivity index (χ0) is 19.9. The second-order valence-corrected chi connectivity index (χ2v) is 6.32. The Morgan fingerprint density at radius 3 is 2.63 bits per heavy atom. The van der Waals surface area contributed by atoms with Crippen LogP contribution in [-0.4, -0.2) is 45.6 Å². The van der Waals surface area contributed by atoms with Crippen LogP contribution in [0, 0.1) is 0 Å². The molecule has 0 aliphatic rings. The van der Waals surface area contributed by atoms with E-state index in [1.54, 1.807) is 29.6 Å². The molecule has 3 amide bonds. The van der Waals surface area contributed by atoms with Crippen molar-refractivity contribution < 1.29 is 27.5 Å². The summed E-state index contributed by atoms with van der Waals surface area (Å²) < 4.78 is 41.3. The number of halogens is 4. The second-order valence-electron chi connectivity index (χ2n) is 4.94. The number of aromatic nitrogens is 3. The summed E-state index contributed by atoms with van der Waals surface area (Å²) in [6, 6.07) is 5.47. The summed E-state index contributed by atoms with van der Waals surface area (Å²) in [5, 5.41) is 10.6. The standard InChI is InChI=1S/C14H13ClF3N5O3S/c15-8-1-3-9(4-2-8)26-5-10-20-13(23-22-10)27-6-11(24)21-12(25)19-7-14(16,17)18/h1-4H,5-7H2,(H,20,22,23)(H2,19,21,24,25). The lowest BCUT2D eigenvalue weighted by Crippen LogP contribution is -2.43. The normalized spacial score (nSPS) is 11.1. The van der Waals surface area contributed by atoms with Crippen molar-refractivity contribution in [1.82, 2.24) is 25.8 Å². The number of ether oxygens (including phenoxy) is 1. The predicted octanol–water partition coefficient (Wildman–Crippen LogP) is 2.52. The molecule has 1 heterocycles. The van der Waals surface area contributed by atoms with Gasteiger partial charge in [0.25, 0.3) is 0 Å². The Morgan fingerprint density at radius 1 is 1.26 bits per heavy atom. The quantitative estimate of drug-likeness (QED) is 0.590. The molecule has 2 aromatic rings. The smallest absolute Gasteiger partial charge is 0.405 e. The fourth-order valence-corrected chi connectivity index (χ4v) is 2.35. The molecule has 0 unspecified atom stereocenters. The van der Waals surface area contributed by atoms with Crippen molar-refractivity contribution in [3.05, 3.63) is 35.1 Å². The third-order valence-electron chi connectivity index (χ3n) is 2.74. The van der Waals surface area contributed by atoms with Crippen LogP contribution >= 0.6 is 23.4 Å². The fourth-order valence-electron chi connectivity index (χ4n) is 1.61. The van der Waals surface area contributed by atoms with E-state index in [9.17, 15) is 22.8 Å². The van der Waals surface area contributed by atoms with Crippen LogP contribution in [0.1, 0.15) is 5.82 Å². The molecular weight excluding hydrogens is 411 g/mol. The maximum atomic E-state index is 11.9. The van der Waals surface area contributed by atoms with Crippen LogP contribution in [0.25, 0.3) is 0 Å². The number of carbonyl (C=O) groups excluding carboxylic acids is 2. The van der Waals surface area contributed by atoms with Crippen LogP contribution in [0.2, 0.25) is 5.02 Å². The number of thioether (sulfide) groups is 1. The molecule has 0 saturated carbocycles. The highest BCUT2D eigenvalue weighted by Gasteiger charge is 2.27. The van der Waals surface area contributed by atoms with Crippen LogP contribution in [0.15, 0.2) is 29.4 Å². The Hall–Kier alpha value is -2.47. The number of alkyl halides is 3. The molecule has 0 radical (unpaired) electrons. The molecule has 2 rings (SSSR count). The molecule has 1 aromatic carbocycles. The van der Waals surface area contributed by atoms with Gasteiger partial charge < -0.3 is 10.1 Å². The maximum Gasteiger partial charge on any atom is 0.405 e. The van der Waals surface area contributed by atoms with E-state index < -0.39 is 24.7 Å². The van der Waals surface area contributed by atoms with Crippen molar-refractivity contribution in [3.8, 4) is 5.75 Å². The second kappa shape index (κ2) is 9.46. The third kappa shape index (κ3) is 8.17. The van der Waals surface area contributed by atoms with Crippen LogP contribution in [0.5, 0.6) is 5.75 Å². The largest absolute Gasteiger partial charge is 0.486 e. The Kier molecular flexibility index (Phi) is 7.30. The monoisotopic (exact) mass is 423 g/mol. The highest BCUT2D eigenvalue weighted by Crippen LogP contribution is 2.17. The van der Waals surface area contributed by atoms with Crippen molar-refractivity contribution in [2.24, 2.45) is 0 Å². The molecule has 0 aliphatic carbocycles. The SMILES string of the molecule is O=C(CSc1n[nH]c(COc2ccc(Cl)cc2)n1)NC(=O)NCC(F)(F)F. The summed E-state index contributed by atoms with van der Waals surface area (Å²) >= 11 is 6.66. The third-order valence-corrected chi connectivity index (χ3v) is 3.83. The molecule has 13 heteroatoms. The molecule has 0 saturated heterocycles. The van der Waals surface area contributed by atoms with Gasteiger partial charge in [0.15, 0.2) is 5.82 Å². The first-order chi connectivity index (χ1) is 12.7. The number of carbonyl (C=O) groups is 2. The molecule has 1 aromatic heterocycles. The van der Waals surface area contributed by atoms with E-state index in [1.165, 1.54) is 5.32 Å². The highest BCUT2D eigenvalue weighted by atomic mass is 35.5. The van der Waals surface area contributed by atoms with E-state index in [-0.39, 0.29) is 17.5 Å². The number of rotatable bonds is 7. The summed E-state index contributed by atoms with van der Waals surface area (Å²) in [7, 11) is 0. The van der Waals surface area contributed by atoms with Gasteiger partial charge in [-0.05, 0) is 24.3 Å². The summed E-state index contributed by atoms with van der Waals surface area (Å²) in [6.45, 7) is -1.43. The number of benzene rings is 1. The number of urea groups is 1. The predicted molar refractivity (Wildman–Crippen MR) is 90.5 cm³/mol. The van der Waals surface area contributed by atoms with Gasteiger partial charge in [0.1, 0.15) is 18.9 Å². The van der Waals surface area contributed by atoms with E-state index >= 15 is 0 Å². The van der Waals surface area contributed by atoms with Crippen LogP contribution in [0.4, 0.5) is 18.0 Å². The minimum Gasteiger partial charge on any atom is -0.486 e.